The first-order valence-corrected chi connectivity index (χ1v) is 27.7. The van der Waals surface area contributed by atoms with E-state index in [4.69, 9.17) is 51.5 Å². The molecular formula is C53H70N2O18P2. The summed E-state index contributed by atoms with van der Waals surface area (Å²) in [5.41, 5.74) is 3.61. The molecular weight excluding hydrogens is 1010 g/mol. The van der Waals surface area contributed by atoms with Crippen molar-refractivity contribution in [1.82, 2.24) is 10.6 Å². The van der Waals surface area contributed by atoms with Crippen molar-refractivity contribution >= 4 is 38.9 Å². The van der Waals surface area contributed by atoms with E-state index < -0.39 is 94.2 Å². The van der Waals surface area contributed by atoms with Crippen molar-refractivity contribution in [1.29, 1.82) is 0 Å². The quantitative estimate of drug-likeness (QED) is 0.0486. The van der Waals surface area contributed by atoms with Gasteiger partial charge in [-0.2, -0.15) is 0 Å². The molecule has 410 valence electrons. The van der Waals surface area contributed by atoms with E-state index in [9.17, 15) is 33.2 Å². The first kappa shape index (κ1) is 60.7. The minimum atomic E-state index is -4.05. The van der Waals surface area contributed by atoms with E-state index in [1.807, 2.05) is 121 Å². The van der Waals surface area contributed by atoms with Crippen molar-refractivity contribution in [2.45, 2.75) is 115 Å². The number of hydrogen-bond acceptors (Lipinski definition) is 17. The zero-order chi connectivity index (χ0) is 54.4. The highest BCUT2D eigenvalue weighted by molar-refractivity contribution is 7.53. The molecule has 4 aromatic carbocycles. The molecule has 2 aliphatic heterocycles. The van der Waals surface area contributed by atoms with Crippen LogP contribution >= 0.6 is 15.2 Å². The normalized spacial score (nSPS) is 24.3. The summed E-state index contributed by atoms with van der Waals surface area (Å²) < 4.78 is 89.1. The van der Waals surface area contributed by atoms with Crippen LogP contribution in [0.4, 0.5) is 0 Å². The van der Waals surface area contributed by atoms with E-state index in [-0.39, 0.29) is 57.6 Å². The van der Waals surface area contributed by atoms with Gasteiger partial charge < -0.3 is 67.0 Å². The Hall–Kier alpha value is -5.18. The Bertz CT molecular complexity index is 2450. The number of benzene rings is 4. The van der Waals surface area contributed by atoms with Crippen LogP contribution in [-0.4, -0.2) is 136 Å². The number of nitrogens with one attached hydrogen (secondary N) is 2. The van der Waals surface area contributed by atoms with Gasteiger partial charge in [0.05, 0.1) is 63.0 Å². The summed E-state index contributed by atoms with van der Waals surface area (Å²) in [7, 11) is -3.92. The molecule has 0 radical (unpaired) electrons. The number of esters is 2. The van der Waals surface area contributed by atoms with E-state index in [1.165, 1.54) is 41.9 Å². The summed E-state index contributed by atoms with van der Waals surface area (Å²) in [6.45, 7) is 5.80. The van der Waals surface area contributed by atoms with Gasteiger partial charge in [0.15, 0.2) is 0 Å². The van der Waals surface area contributed by atoms with Crippen molar-refractivity contribution in [3.05, 3.63) is 144 Å². The molecule has 0 aliphatic carbocycles. The number of rotatable bonds is 25. The third kappa shape index (κ3) is 20.0. The van der Waals surface area contributed by atoms with E-state index in [0.29, 0.717) is 0 Å². The van der Waals surface area contributed by atoms with E-state index in [1.54, 1.807) is 0 Å². The second-order valence-electron chi connectivity index (χ2n) is 17.7. The van der Waals surface area contributed by atoms with Gasteiger partial charge in [-0.15, -0.1) is 0 Å². The highest BCUT2D eigenvalue weighted by Gasteiger charge is 2.52. The lowest BCUT2D eigenvalue weighted by Gasteiger charge is -2.46. The number of amides is 2. The molecule has 0 spiro atoms. The Morgan fingerprint density at radius 1 is 0.467 bits per heavy atom. The summed E-state index contributed by atoms with van der Waals surface area (Å²) in [5.74, 6) is -1.71. The molecule has 5 unspecified atom stereocenters. The summed E-state index contributed by atoms with van der Waals surface area (Å²) in [6, 6.07) is 36.4. The van der Waals surface area contributed by atoms with Crippen molar-refractivity contribution in [3.8, 4) is 0 Å². The van der Waals surface area contributed by atoms with Crippen LogP contribution < -0.4 is 10.6 Å². The Morgan fingerprint density at radius 2 is 0.773 bits per heavy atom. The van der Waals surface area contributed by atoms with Crippen molar-refractivity contribution < 1.29 is 84.7 Å². The topological polar surface area (TPSA) is 248 Å². The molecule has 6 rings (SSSR count). The smallest absolute Gasteiger partial charge is 0.332 e. The number of hydrogen-bond donors (Lipinski definition) is 3. The third-order valence-electron chi connectivity index (χ3n) is 12.0. The molecule has 0 saturated carbocycles. The average Bonchev–Trinajstić information content (AvgIpc) is 3.40. The van der Waals surface area contributed by atoms with Gasteiger partial charge in [0, 0.05) is 49.0 Å². The lowest BCUT2D eigenvalue weighted by Crippen LogP contribution is -2.66. The lowest BCUT2D eigenvalue weighted by atomic mass is 9.92. The minimum Gasteiger partial charge on any atom is -0.463 e. The van der Waals surface area contributed by atoms with Gasteiger partial charge in [-0.1, -0.05) is 121 Å². The van der Waals surface area contributed by atoms with Gasteiger partial charge in [0.2, 0.25) is 11.8 Å². The monoisotopic (exact) mass is 1080 g/mol. The zero-order valence-corrected chi connectivity index (χ0v) is 45.0. The molecule has 2 fully saturated rings. The van der Waals surface area contributed by atoms with Gasteiger partial charge in [-0.25, -0.2) is 0 Å². The molecule has 2 saturated heterocycles. The predicted octanol–water partition coefficient (Wildman–Crippen LogP) is 6.30. The Kier molecular flexibility index (Phi) is 24.7. The van der Waals surface area contributed by atoms with Crippen molar-refractivity contribution in [3.63, 3.8) is 0 Å². The van der Waals surface area contributed by atoms with Gasteiger partial charge in [0.1, 0.15) is 49.8 Å². The Balaban J connectivity index is 0.000000277. The van der Waals surface area contributed by atoms with Crippen LogP contribution in [0.1, 0.15) is 49.9 Å². The van der Waals surface area contributed by atoms with Gasteiger partial charge >= 0.3 is 27.1 Å². The van der Waals surface area contributed by atoms with Gasteiger partial charge in [0.25, 0.3) is 0 Å². The van der Waals surface area contributed by atoms with Crippen LogP contribution in [0, 0.1) is 0 Å². The van der Waals surface area contributed by atoms with E-state index >= 15 is 0 Å². The van der Waals surface area contributed by atoms with Crippen molar-refractivity contribution in [2.75, 3.05) is 46.9 Å². The Labute approximate surface area is 438 Å². The summed E-state index contributed by atoms with van der Waals surface area (Å²) in [4.78, 5) is 58.0. The SMILES string of the molecule is COP(=O)(C[C@H]1OC(COC(C)=O)[C@@H](OCc2ccccc2)[C@@H](OCc2ccccc2)C1NC(C)=O)OC.COP(=O)(O)C[C@H]1OC(COC(C)=O)[C@@H](OCc2ccccc2)[C@@H](OCc2ccccc2)C1NC(C)=O. The third-order valence-corrected chi connectivity index (χ3v) is 15.3. The molecule has 20 nitrogen and oxygen atoms in total. The van der Waals surface area contributed by atoms with E-state index in [0.717, 1.165) is 29.4 Å². The van der Waals surface area contributed by atoms with Crippen LogP contribution in [0.5, 0.6) is 0 Å². The largest absolute Gasteiger partial charge is 0.463 e. The lowest BCUT2D eigenvalue weighted by molar-refractivity contribution is -0.227. The maximum absolute atomic E-state index is 13.1. The second kappa shape index (κ2) is 30.5. The fourth-order valence-corrected chi connectivity index (χ4v) is 10.6. The Morgan fingerprint density at radius 3 is 1.05 bits per heavy atom. The maximum Gasteiger partial charge on any atom is 0.332 e. The number of ether oxygens (including phenoxy) is 8. The van der Waals surface area contributed by atoms with Crippen LogP contribution in [-0.2, 0) is 106 Å². The molecule has 0 aromatic heterocycles. The summed E-state index contributed by atoms with van der Waals surface area (Å²) in [5, 5.41) is 5.71. The average molecular weight is 1090 g/mol. The number of carbonyl (C=O) groups is 4. The summed E-state index contributed by atoms with van der Waals surface area (Å²) >= 11 is 0. The molecule has 22 heteroatoms. The minimum absolute atomic E-state index is 0.131. The molecule has 11 atom stereocenters. The fraction of sp³-hybridized carbons (Fsp3) is 0.472. The van der Waals surface area contributed by atoms with Gasteiger partial charge in [-0.05, 0) is 22.3 Å². The number of carbonyl (C=O) groups excluding carboxylic acids is 4. The molecule has 2 heterocycles. The predicted molar refractivity (Wildman–Crippen MR) is 274 cm³/mol. The molecule has 2 amide bonds. The second-order valence-corrected chi connectivity index (χ2v) is 22.0. The summed E-state index contributed by atoms with van der Waals surface area (Å²) in [6.07, 6.45) is -7.19. The highest BCUT2D eigenvalue weighted by atomic mass is 31.2. The van der Waals surface area contributed by atoms with Crippen LogP contribution in [0.2, 0.25) is 0 Å². The molecule has 3 N–H and O–H groups in total. The van der Waals surface area contributed by atoms with Crippen molar-refractivity contribution in [2.24, 2.45) is 0 Å². The first-order chi connectivity index (χ1) is 35.9. The van der Waals surface area contributed by atoms with E-state index in [2.05, 4.69) is 10.6 Å². The molecule has 0 bridgehead atoms. The standard InChI is InChI=1S/C27H36NO9P.C26H34NO9P/c1-19(29)28-25-24(18-38(31,32-3)33-4)37-23(17-34-20(2)30)26(35-15-21-11-7-5-8-12-21)27(25)36-16-22-13-9-6-10-14-22;1-18(28)27-24-23(17-37(30,31)32-3)36-22(16-33-19(2)29)25(34-14-20-10-6-4-7-11-20)26(24)35-15-21-12-8-5-9-13-21/h5-14,23-27H,15-18H2,1-4H3,(H,28,29);4-13,22-26H,14-17H2,1-3H3,(H,27,28)(H,30,31)/t23?,24-,25?,26-,27+;22?,23-,24?,25-,26+/m11/s1. The molecule has 2 aliphatic rings. The van der Waals surface area contributed by atoms with Crippen LogP contribution in [0.15, 0.2) is 121 Å². The fourth-order valence-electron chi connectivity index (χ4n) is 8.44. The molecule has 75 heavy (non-hydrogen) atoms. The highest BCUT2D eigenvalue weighted by Crippen LogP contribution is 2.49. The molecule has 4 aromatic rings. The van der Waals surface area contributed by atoms with Crippen LogP contribution in [0.3, 0.4) is 0 Å². The first-order valence-electron chi connectivity index (χ1n) is 24.2. The zero-order valence-electron chi connectivity index (χ0n) is 43.3. The van der Waals surface area contributed by atoms with Crippen LogP contribution in [0.25, 0.3) is 0 Å². The maximum atomic E-state index is 13.1. The van der Waals surface area contributed by atoms with Gasteiger partial charge in [-0.3, -0.25) is 28.3 Å².